The van der Waals surface area contributed by atoms with Crippen LogP contribution in [0.1, 0.15) is 22.7 Å². The fraction of sp³-hybridized carbons (Fsp3) is 0.350. The number of carbonyl (C=O) groups excluding carboxylic acids is 1. The molecule has 2 aromatic rings. The van der Waals surface area contributed by atoms with Crippen molar-refractivity contribution in [2.45, 2.75) is 18.9 Å². The average Bonchev–Trinajstić information content (AvgIpc) is 2.68. The van der Waals surface area contributed by atoms with E-state index in [0.717, 1.165) is 34.2 Å². The molecule has 0 aliphatic carbocycles. The van der Waals surface area contributed by atoms with Gasteiger partial charge in [0.05, 0.1) is 27.4 Å². The van der Waals surface area contributed by atoms with Crippen molar-refractivity contribution in [1.82, 2.24) is 4.90 Å². The lowest BCUT2D eigenvalue weighted by Gasteiger charge is -2.35. The molecule has 0 aromatic heterocycles. The molecule has 6 heteroatoms. The lowest BCUT2D eigenvalue weighted by molar-refractivity contribution is -0.120. The van der Waals surface area contributed by atoms with E-state index in [4.69, 9.17) is 14.2 Å². The SMILES string of the molecule is COc1ccc2c(c1)CCN(C=O)[C@@H]2Cc1cc(OC)c(OC)cc1Br. The second kappa shape index (κ2) is 7.99. The third kappa shape index (κ3) is 3.51. The molecule has 1 aliphatic rings. The summed E-state index contributed by atoms with van der Waals surface area (Å²) in [5, 5.41) is 0. The van der Waals surface area contributed by atoms with E-state index in [-0.39, 0.29) is 6.04 Å². The molecule has 1 aliphatic heterocycles. The van der Waals surface area contributed by atoms with Gasteiger partial charge in [-0.15, -0.1) is 0 Å². The van der Waals surface area contributed by atoms with Gasteiger partial charge in [-0.1, -0.05) is 22.0 Å². The molecule has 5 nitrogen and oxygen atoms in total. The number of benzene rings is 2. The van der Waals surface area contributed by atoms with E-state index in [1.165, 1.54) is 5.56 Å². The number of amides is 1. The van der Waals surface area contributed by atoms with Crippen molar-refractivity contribution in [3.05, 3.63) is 51.5 Å². The molecule has 26 heavy (non-hydrogen) atoms. The van der Waals surface area contributed by atoms with Crippen molar-refractivity contribution in [3.8, 4) is 17.2 Å². The Morgan fingerprint density at radius 2 is 1.85 bits per heavy atom. The van der Waals surface area contributed by atoms with Gasteiger partial charge >= 0.3 is 0 Å². The van der Waals surface area contributed by atoms with E-state index in [1.807, 2.05) is 23.1 Å². The largest absolute Gasteiger partial charge is 0.497 e. The van der Waals surface area contributed by atoms with E-state index < -0.39 is 0 Å². The molecule has 0 unspecified atom stereocenters. The van der Waals surface area contributed by atoms with E-state index in [1.54, 1.807) is 21.3 Å². The van der Waals surface area contributed by atoms with Gasteiger partial charge in [-0.05, 0) is 53.8 Å². The molecule has 1 heterocycles. The van der Waals surface area contributed by atoms with Gasteiger partial charge in [-0.3, -0.25) is 4.79 Å². The summed E-state index contributed by atoms with van der Waals surface area (Å²) in [7, 11) is 4.90. The second-order valence-electron chi connectivity index (χ2n) is 6.18. The van der Waals surface area contributed by atoms with E-state index in [2.05, 4.69) is 28.1 Å². The van der Waals surface area contributed by atoms with Gasteiger partial charge in [0.2, 0.25) is 6.41 Å². The minimum Gasteiger partial charge on any atom is -0.497 e. The van der Waals surface area contributed by atoms with Crippen LogP contribution in [0.3, 0.4) is 0 Å². The molecule has 3 rings (SSSR count). The highest BCUT2D eigenvalue weighted by atomic mass is 79.9. The van der Waals surface area contributed by atoms with Crippen LogP contribution >= 0.6 is 15.9 Å². The maximum atomic E-state index is 11.6. The van der Waals surface area contributed by atoms with Crippen LogP contribution in [0.15, 0.2) is 34.8 Å². The van der Waals surface area contributed by atoms with Crippen molar-refractivity contribution < 1.29 is 19.0 Å². The minimum absolute atomic E-state index is 0.0310. The molecule has 2 aromatic carbocycles. The van der Waals surface area contributed by atoms with E-state index >= 15 is 0 Å². The molecule has 0 fully saturated rings. The Morgan fingerprint density at radius 1 is 1.12 bits per heavy atom. The van der Waals surface area contributed by atoms with Crippen LogP contribution in [0.2, 0.25) is 0 Å². The normalized spacial score (nSPS) is 16.0. The summed E-state index contributed by atoms with van der Waals surface area (Å²) < 4.78 is 17.1. The Kier molecular flexibility index (Phi) is 5.71. The second-order valence-corrected chi connectivity index (χ2v) is 7.03. The monoisotopic (exact) mass is 419 g/mol. The fourth-order valence-electron chi connectivity index (χ4n) is 3.45. The van der Waals surface area contributed by atoms with Crippen LogP contribution in [-0.2, 0) is 17.6 Å². The Bertz CT molecular complexity index is 809. The lowest BCUT2D eigenvalue weighted by Crippen LogP contribution is -2.35. The van der Waals surface area contributed by atoms with Crippen LogP contribution in [0.25, 0.3) is 0 Å². The summed E-state index contributed by atoms with van der Waals surface area (Å²) in [4.78, 5) is 13.5. The first kappa shape index (κ1) is 18.6. The van der Waals surface area contributed by atoms with Crippen LogP contribution < -0.4 is 14.2 Å². The van der Waals surface area contributed by atoms with E-state index in [9.17, 15) is 4.79 Å². The number of hydrogen-bond acceptors (Lipinski definition) is 4. The van der Waals surface area contributed by atoms with Crippen molar-refractivity contribution in [2.75, 3.05) is 27.9 Å². The Balaban J connectivity index is 1.99. The molecule has 1 atom stereocenters. The highest BCUT2D eigenvalue weighted by molar-refractivity contribution is 9.10. The summed E-state index contributed by atoms with van der Waals surface area (Å²) in [5.74, 6) is 2.19. The van der Waals surface area contributed by atoms with Gasteiger partial charge in [0.15, 0.2) is 11.5 Å². The molecule has 138 valence electrons. The van der Waals surface area contributed by atoms with Crippen molar-refractivity contribution in [1.29, 1.82) is 0 Å². The number of hydrogen-bond donors (Lipinski definition) is 0. The molecule has 0 bridgehead atoms. The molecule has 0 radical (unpaired) electrons. The van der Waals surface area contributed by atoms with Crippen LogP contribution in [0, 0.1) is 0 Å². The zero-order chi connectivity index (χ0) is 18.7. The topological polar surface area (TPSA) is 48.0 Å². The number of ether oxygens (including phenoxy) is 3. The quantitative estimate of drug-likeness (QED) is 0.668. The highest BCUT2D eigenvalue weighted by Gasteiger charge is 2.28. The summed E-state index contributed by atoms with van der Waals surface area (Å²) in [6.45, 7) is 0.694. The third-order valence-electron chi connectivity index (χ3n) is 4.85. The smallest absolute Gasteiger partial charge is 0.210 e. The zero-order valence-electron chi connectivity index (χ0n) is 15.1. The molecular weight excluding hydrogens is 398 g/mol. The average molecular weight is 420 g/mol. The molecule has 1 amide bonds. The Labute approximate surface area is 162 Å². The van der Waals surface area contributed by atoms with Crippen molar-refractivity contribution in [3.63, 3.8) is 0 Å². The highest BCUT2D eigenvalue weighted by Crippen LogP contribution is 2.38. The first-order valence-electron chi connectivity index (χ1n) is 8.39. The van der Waals surface area contributed by atoms with Gasteiger partial charge in [0.25, 0.3) is 0 Å². The standard InChI is InChI=1S/C20H22BrNO4/c1-24-15-4-5-16-13(8-15)6-7-22(12-23)18(16)9-14-10-19(25-2)20(26-3)11-17(14)21/h4-5,8,10-12,18H,6-7,9H2,1-3H3/t18-/m1/s1. The Hall–Kier alpha value is -2.21. The maximum Gasteiger partial charge on any atom is 0.210 e. The number of halogens is 1. The predicted molar refractivity (Wildman–Crippen MR) is 103 cm³/mol. The van der Waals surface area contributed by atoms with Crippen LogP contribution in [0.5, 0.6) is 17.2 Å². The number of nitrogens with zero attached hydrogens (tertiary/aromatic N) is 1. The van der Waals surface area contributed by atoms with Gasteiger partial charge in [-0.25, -0.2) is 0 Å². The number of carbonyl (C=O) groups is 1. The molecule has 0 spiro atoms. The summed E-state index contributed by atoms with van der Waals surface area (Å²) in [6, 6.07) is 9.90. The lowest BCUT2D eigenvalue weighted by atomic mass is 9.89. The summed E-state index contributed by atoms with van der Waals surface area (Å²) in [6.07, 6.45) is 2.44. The third-order valence-corrected chi connectivity index (χ3v) is 5.59. The van der Waals surface area contributed by atoms with E-state index in [0.29, 0.717) is 24.5 Å². The zero-order valence-corrected chi connectivity index (χ0v) is 16.7. The number of methoxy groups -OCH3 is 3. The predicted octanol–water partition coefficient (Wildman–Crippen LogP) is 3.77. The van der Waals surface area contributed by atoms with Crippen molar-refractivity contribution in [2.24, 2.45) is 0 Å². The van der Waals surface area contributed by atoms with Gasteiger partial charge in [-0.2, -0.15) is 0 Å². The first-order chi connectivity index (χ1) is 12.6. The van der Waals surface area contributed by atoms with Gasteiger partial charge in [0.1, 0.15) is 5.75 Å². The number of rotatable bonds is 6. The van der Waals surface area contributed by atoms with Crippen LogP contribution in [-0.4, -0.2) is 39.2 Å². The first-order valence-corrected chi connectivity index (χ1v) is 9.18. The fourth-order valence-corrected chi connectivity index (χ4v) is 3.93. The van der Waals surface area contributed by atoms with Gasteiger partial charge in [0, 0.05) is 11.0 Å². The van der Waals surface area contributed by atoms with Crippen molar-refractivity contribution >= 4 is 22.3 Å². The molecular formula is C20H22BrNO4. The Morgan fingerprint density at radius 3 is 2.50 bits per heavy atom. The summed E-state index contributed by atoms with van der Waals surface area (Å²) in [5.41, 5.74) is 3.44. The maximum absolute atomic E-state index is 11.6. The summed E-state index contributed by atoms with van der Waals surface area (Å²) >= 11 is 3.62. The molecule has 0 N–H and O–H groups in total. The molecule has 0 saturated heterocycles. The molecule has 0 saturated carbocycles. The van der Waals surface area contributed by atoms with Crippen LogP contribution in [0.4, 0.5) is 0 Å². The minimum atomic E-state index is -0.0310. The number of fused-ring (bicyclic) bond motifs is 1. The van der Waals surface area contributed by atoms with Gasteiger partial charge < -0.3 is 19.1 Å².